The van der Waals surface area contributed by atoms with Crippen molar-refractivity contribution in [1.82, 2.24) is 4.90 Å². The minimum absolute atomic E-state index is 0.0598. The highest BCUT2D eigenvalue weighted by Gasteiger charge is 2.51. The third-order valence-electron chi connectivity index (χ3n) is 6.93. The van der Waals surface area contributed by atoms with E-state index in [9.17, 15) is 14.9 Å². The highest BCUT2D eigenvalue weighted by molar-refractivity contribution is 6.02. The number of carbonyl (C=O) groups is 1. The van der Waals surface area contributed by atoms with Crippen molar-refractivity contribution in [3.63, 3.8) is 0 Å². The molecular formula is C26H25N3O3. The lowest BCUT2D eigenvalue weighted by Gasteiger charge is -2.42. The van der Waals surface area contributed by atoms with Crippen molar-refractivity contribution in [1.29, 1.82) is 0 Å². The van der Waals surface area contributed by atoms with E-state index < -0.39 is 5.41 Å². The third-order valence-corrected chi connectivity index (χ3v) is 6.93. The minimum atomic E-state index is -0.632. The minimum Gasteiger partial charge on any atom is -0.325 e. The molecule has 1 amide bonds. The largest absolute Gasteiger partial charge is 0.325 e. The average molecular weight is 428 g/mol. The Morgan fingerprint density at radius 2 is 1.81 bits per heavy atom. The van der Waals surface area contributed by atoms with Gasteiger partial charge in [0.1, 0.15) is 0 Å². The van der Waals surface area contributed by atoms with Crippen molar-refractivity contribution in [3.05, 3.63) is 106 Å². The smallest absolute Gasteiger partial charge is 0.269 e. The van der Waals surface area contributed by atoms with Gasteiger partial charge in [0.15, 0.2) is 0 Å². The van der Waals surface area contributed by atoms with Crippen LogP contribution < -0.4 is 5.32 Å². The molecule has 0 aromatic heterocycles. The molecule has 0 radical (unpaired) electrons. The van der Waals surface area contributed by atoms with Crippen LogP contribution >= 0.6 is 0 Å². The van der Waals surface area contributed by atoms with Crippen molar-refractivity contribution in [2.45, 2.75) is 24.8 Å². The molecule has 2 aliphatic heterocycles. The van der Waals surface area contributed by atoms with Crippen molar-refractivity contribution >= 4 is 17.3 Å². The SMILES string of the molecule is O=C1Nc2ccccc2CC1(c1ccccc1)[C@@H]1CCN(Cc2cccc([N+](=O)[O-])c2)C1. The number of benzene rings is 3. The van der Waals surface area contributed by atoms with Crippen LogP contribution in [0.2, 0.25) is 0 Å². The van der Waals surface area contributed by atoms with Crippen molar-refractivity contribution < 1.29 is 9.72 Å². The van der Waals surface area contributed by atoms with Crippen LogP contribution in [0, 0.1) is 16.0 Å². The van der Waals surface area contributed by atoms with E-state index in [4.69, 9.17) is 0 Å². The number of nitrogens with zero attached hydrogens (tertiary/aromatic N) is 2. The Bertz CT molecular complexity index is 1160. The number of likely N-dealkylation sites (tertiary alicyclic amines) is 1. The maximum Gasteiger partial charge on any atom is 0.269 e. The van der Waals surface area contributed by atoms with Crippen LogP contribution in [0.25, 0.3) is 0 Å². The van der Waals surface area contributed by atoms with E-state index in [1.807, 2.05) is 42.5 Å². The zero-order chi connectivity index (χ0) is 22.1. The maximum absolute atomic E-state index is 13.6. The summed E-state index contributed by atoms with van der Waals surface area (Å²) in [4.78, 5) is 26.7. The number of non-ortho nitro benzene ring substituents is 1. The first-order valence-electron chi connectivity index (χ1n) is 11.0. The summed E-state index contributed by atoms with van der Waals surface area (Å²) in [6, 6.07) is 25.0. The van der Waals surface area contributed by atoms with E-state index in [1.165, 1.54) is 6.07 Å². The van der Waals surface area contributed by atoms with Crippen LogP contribution in [-0.4, -0.2) is 28.8 Å². The Balaban J connectivity index is 1.45. The van der Waals surface area contributed by atoms with Crippen LogP contribution in [0.4, 0.5) is 11.4 Å². The fraction of sp³-hybridized carbons (Fsp3) is 0.269. The molecule has 0 spiro atoms. The number of para-hydroxylation sites is 1. The van der Waals surface area contributed by atoms with Crippen LogP contribution in [0.15, 0.2) is 78.9 Å². The summed E-state index contributed by atoms with van der Waals surface area (Å²) < 4.78 is 0. The molecule has 0 bridgehead atoms. The van der Waals surface area contributed by atoms with E-state index in [0.717, 1.165) is 41.9 Å². The Hall–Kier alpha value is -3.51. The van der Waals surface area contributed by atoms with Crippen LogP contribution in [0.1, 0.15) is 23.1 Å². The van der Waals surface area contributed by atoms with Gasteiger partial charge in [0, 0.05) is 30.9 Å². The Labute approximate surface area is 187 Å². The molecule has 6 heteroatoms. The molecule has 5 rings (SSSR count). The number of nitro groups is 1. The fourth-order valence-electron chi connectivity index (χ4n) is 5.35. The highest BCUT2D eigenvalue weighted by atomic mass is 16.6. The maximum atomic E-state index is 13.6. The number of anilines is 1. The van der Waals surface area contributed by atoms with E-state index >= 15 is 0 Å². The van der Waals surface area contributed by atoms with E-state index in [2.05, 4.69) is 28.4 Å². The second-order valence-corrected chi connectivity index (χ2v) is 8.77. The second kappa shape index (κ2) is 8.20. The molecule has 3 aromatic rings. The van der Waals surface area contributed by atoms with E-state index in [-0.39, 0.29) is 22.4 Å². The molecule has 2 atom stereocenters. The lowest BCUT2D eigenvalue weighted by Crippen LogP contribution is -2.51. The van der Waals surface area contributed by atoms with Gasteiger partial charge in [-0.2, -0.15) is 0 Å². The molecule has 32 heavy (non-hydrogen) atoms. The summed E-state index contributed by atoms with van der Waals surface area (Å²) >= 11 is 0. The number of hydrogen-bond donors (Lipinski definition) is 1. The van der Waals surface area contributed by atoms with Gasteiger partial charge < -0.3 is 5.32 Å². The standard InChI is InChI=1S/C26H25N3O3/c30-25-26(21-9-2-1-3-10-21,16-20-8-4-5-12-24(20)27-25)22-13-14-28(18-22)17-19-7-6-11-23(15-19)29(31)32/h1-12,15,22H,13-14,16-18H2,(H,27,30)/t22-,26?/m1/s1. The van der Waals surface area contributed by atoms with Crippen LogP contribution in [0.5, 0.6) is 0 Å². The Kier molecular flexibility index (Phi) is 5.23. The number of nitro benzene ring substituents is 1. The summed E-state index contributed by atoms with van der Waals surface area (Å²) in [6.45, 7) is 2.27. The summed E-state index contributed by atoms with van der Waals surface area (Å²) in [6.07, 6.45) is 1.58. The first-order valence-corrected chi connectivity index (χ1v) is 11.0. The van der Waals surface area contributed by atoms with Gasteiger partial charge in [-0.25, -0.2) is 0 Å². The molecule has 1 unspecified atom stereocenters. The van der Waals surface area contributed by atoms with Crippen molar-refractivity contribution in [3.8, 4) is 0 Å². The normalized spacial score (nSPS) is 22.9. The van der Waals surface area contributed by atoms with Crippen LogP contribution in [-0.2, 0) is 23.2 Å². The molecule has 2 heterocycles. The summed E-state index contributed by atoms with van der Waals surface area (Å²) in [5.41, 5.74) is 3.51. The summed E-state index contributed by atoms with van der Waals surface area (Å²) in [5.74, 6) is 0.210. The number of hydrogen-bond acceptors (Lipinski definition) is 4. The molecular weight excluding hydrogens is 402 g/mol. The van der Waals surface area contributed by atoms with Crippen molar-refractivity contribution in [2.75, 3.05) is 18.4 Å². The molecule has 0 aliphatic carbocycles. The third kappa shape index (κ3) is 3.56. The molecule has 0 saturated carbocycles. The number of carbonyl (C=O) groups excluding carboxylic acids is 1. The summed E-state index contributed by atoms with van der Waals surface area (Å²) in [7, 11) is 0. The zero-order valence-electron chi connectivity index (χ0n) is 17.7. The number of rotatable bonds is 5. The predicted molar refractivity (Wildman–Crippen MR) is 123 cm³/mol. The van der Waals surface area contributed by atoms with Gasteiger partial charge in [-0.05, 0) is 48.1 Å². The quantitative estimate of drug-likeness (QED) is 0.479. The van der Waals surface area contributed by atoms with Gasteiger partial charge in [0.2, 0.25) is 5.91 Å². The number of fused-ring (bicyclic) bond motifs is 1. The van der Waals surface area contributed by atoms with E-state index in [0.29, 0.717) is 13.0 Å². The highest BCUT2D eigenvalue weighted by Crippen LogP contribution is 2.45. The van der Waals surface area contributed by atoms with Gasteiger partial charge in [-0.1, -0.05) is 60.7 Å². The molecule has 2 aliphatic rings. The summed E-state index contributed by atoms with van der Waals surface area (Å²) in [5, 5.41) is 14.3. The molecule has 3 aromatic carbocycles. The second-order valence-electron chi connectivity index (χ2n) is 8.77. The molecule has 6 nitrogen and oxygen atoms in total. The van der Waals surface area contributed by atoms with E-state index in [1.54, 1.807) is 12.1 Å². The average Bonchev–Trinajstić information content (AvgIpc) is 3.28. The topological polar surface area (TPSA) is 75.5 Å². The van der Waals surface area contributed by atoms with Gasteiger partial charge in [-0.15, -0.1) is 0 Å². The predicted octanol–water partition coefficient (Wildman–Crippen LogP) is 4.55. The molecule has 1 fully saturated rings. The lowest BCUT2D eigenvalue weighted by atomic mass is 9.64. The van der Waals surface area contributed by atoms with Gasteiger partial charge in [0.05, 0.1) is 10.3 Å². The number of nitrogens with one attached hydrogen (secondary N) is 1. The number of amides is 1. The first kappa shape index (κ1) is 20.4. The monoisotopic (exact) mass is 427 g/mol. The van der Waals surface area contributed by atoms with Gasteiger partial charge in [0.25, 0.3) is 5.69 Å². The molecule has 162 valence electrons. The fourth-order valence-corrected chi connectivity index (χ4v) is 5.35. The molecule has 1 N–H and O–H groups in total. The Morgan fingerprint density at radius 1 is 1.03 bits per heavy atom. The van der Waals surface area contributed by atoms with Crippen molar-refractivity contribution in [2.24, 2.45) is 5.92 Å². The lowest BCUT2D eigenvalue weighted by molar-refractivity contribution is -0.384. The molecule has 1 saturated heterocycles. The first-order chi connectivity index (χ1) is 15.6. The zero-order valence-corrected chi connectivity index (χ0v) is 17.7. The van der Waals surface area contributed by atoms with Gasteiger partial charge >= 0.3 is 0 Å². The Morgan fingerprint density at radius 3 is 2.62 bits per heavy atom. The van der Waals surface area contributed by atoms with Gasteiger partial charge in [-0.3, -0.25) is 19.8 Å². The van der Waals surface area contributed by atoms with Crippen LogP contribution in [0.3, 0.4) is 0 Å².